The van der Waals surface area contributed by atoms with Gasteiger partial charge >= 0.3 is 0 Å². The first-order chi connectivity index (χ1) is 14.2. The van der Waals surface area contributed by atoms with Crippen LogP contribution in [0.25, 0.3) is 0 Å². The molecule has 2 N–H and O–H groups in total. The topological polar surface area (TPSA) is 29.3 Å². The first-order valence-corrected chi connectivity index (χ1v) is 13.5. The number of unbranched alkanes of at least 4 members (excludes halogenated alkanes) is 19. The van der Waals surface area contributed by atoms with E-state index in [4.69, 9.17) is 5.73 Å². The summed E-state index contributed by atoms with van der Waals surface area (Å²) in [6.07, 6.45) is 30.5. The van der Waals surface area contributed by atoms with Gasteiger partial charge in [0.1, 0.15) is 0 Å². The number of hydrogen-bond acceptors (Lipinski definition) is 2. The Hall–Kier alpha value is -0.0800. The van der Waals surface area contributed by atoms with Crippen LogP contribution in [0.5, 0.6) is 0 Å². The molecule has 0 spiro atoms. The largest absolute Gasteiger partial charge is 0.330 e. The van der Waals surface area contributed by atoms with Gasteiger partial charge in [-0.05, 0) is 33.6 Å². The molecule has 0 aromatic carbocycles. The summed E-state index contributed by atoms with van der Waals surface area (Å²) in [5.41, 5.74) is 5.25. The molecule has 0 aliphatic carbocycles. The maximum Gasteiger partial charge on any atom is -0.00128 e. The van der Waals surface area contributed by atoms with Crippen LogP contribution in [0, 0.1) is 0 Å². The number of nitrogens with zero attached hydrogens (tertiary/aromatic N) is 1. The van der Waals surface area contributed by atoms with E-state index in [-0.39, 0.29) is 0 Å². The minimum atomic E-state index is 0.804. The Labute approximate surface area is 186 Å². The van der Waals surface area contributed by atoms with E-state index >= 15 is 0 Å². The molecule has 29 heavy (non-hydrogen) atoms. The van der Waals surface area contributed by atoms with Crippen molar-refractivity contribution in [1.29, 1.82) is 0 Å². The summed E-state index contributed by atoms with van der Waals surface area (Å²) in [6.45, 7) is 6.51. The van der Waals surface area contributed by atoms with Crippen LogP contribution in [-0.4, -0.2) is 32.1 Å². The second kappa shape index (κ2) is 30.1. The molecular weight excluding hydrogens is 352 g/mol. The van der Waals surface area contributed by atoms with E-state index < -0.39 is 0 Å². The first kappa shape index (κ1) is 31.1. The monoisotopic (exact) mass is 412 g/mol. The van der Waals surface area contributed by atoms with E-state index in [0.29, 0.717) is 0 Å². The van der Waals surface area contributed by atoms with Crippen LogP contribution in [0.2, 0.25) is 0 Å². The van der Waals surface area contributed by atoms with Crippen molar-refractivity contribution in [1.82, 2.24) is 4.90 Å². The summed E-state index contributed by atoms with van der Waals surface area (Å²) in [6, 6.07) is 0. The minimum Gasteiger partial charge on any atom is -0.330 e. The third-order valence-electron chi connectivity index (χ3n) is 5.77. The molecule has 0 amide bonds. The van der Waals surface area contributed by atoms with E-state index in [9.17, 15) is 0 Å². The highest BCUT2D eigenvalue weighted by atomic mass is 15.0. The Morgan fingerprint density at radius 2 is 0.655 bits per heavy atom. The third kappa shape index (κ3) is 35.7. The van der Waals surface area contributed by atoms with Gasteiger partial charge in [0.15, 0.2) is 0 Å². The van der Waals surface area contributed by atoms with Crippen molar-refractivity contribution < 1.29 is 0 Å². The summed E-state index contributed by atoms with van der Waals surface area (Å²) in [7, 11) is 4.10. The quantitative estimate of drug-likeness (QED) is 0.180. The Bertz CT molecular complexity index is 233. The normalized spacial score (nSPS) is 11.0. The molecule has 0 saturated carbocycles. The van der Waals surface area contributed by atoms with Gasteiger partial charge in [-0.2, -0.15) is 0 Å². The van der Waals surface area contributed by atoms with Crippen molar-refractivity contribution in [2.45, 2.75) is 149 Å². The van der Waals surface area contributed by atoms with Crippen LogP contribution in [0.3, 0.4) is 0 Å². The standard InChI is InChI=1S/C22H46.C5H14N2/c1-3-5-7-9-11-13-15-17-19-21-22-20-18-16-14-12-10-8-6-4-2;1-7(2)5-3-4-6/h3-22H2,1-2H3;3-6H2,1-2H3. The first-order valence-electron chi connectivity index (χ1n) is 13.5. The molecule has 0 fully saturated rings. The van der Waals surface area contributed by atoms with Crippen molar-refractivity contribution in [3.63, 3.8) is 0 Å². The summed E-state index contributed by atoms with van der Waals surface area (Å²) in [5, 5.41) is 0. The Morgan fingerprint density at radius 3 is 0.793 bits per heavy atom. The molecule has 0 aromatic rings. The fraction of sp³-hybridized carbons (Fsp3) is 1.00. The average Bonchev–Trinajstić information content (AvgIpc) is 2.72. The zero-order valence-corrected chi connectivity index (χ0v) is 21.3. The van der Waals surface area contributed by atoms with E-state index in [1.54, 1.807) is 0 Å². The predicted molar refractivity (Wildman–Crippen MR) is 136 cm³/mol. The van der Waals surface area contributed by atoms with Gasteiger partial charge in [-0.3, -0.25) is 0 Å². The van der Waals surface area contributed by atoms with Crippen LogP contribution in [0.15, 0.2) is 0 Å². The second-order valence-electron chi connectivity index (χ2n) is 9.31. The molecule has 0 aromatic heterocycles. The molecule has 178 valence electrons. The van der Waals surface area contributed by atoms with Crippen molar-refractivity contribution in [3.8, 4) is 0 Å². The molecule has 0 rings (SSSR count). The lowest BCUT2D eigenvalue weighted by atomic mass is 10.0. The second-order valence-corrected chi connectivity index (χ2v) is 9.31. The molecule has 0 aliphatic rings. The average molecular weight is 413 g/mol. The van der Waals surface area contributed by atoms with Crippen molar-refractivity contribution >= 4 is 0 Å². The van der Waals surface area contributed by atoms with Gasteiger partial charge < -0.3 is 10.6 Å². The molecule has 0 aliphatic heterocycles. The third-order valence-corrected chi connectivity index (χ3v) is 5.77. The lowest BCUT2D eigenvalue weighted by Crippen LogP contribution is -2.16. The Morgan fingerprint density at radius 1 is 0.414 bits per heavy atom. The minimum absolute atomic E-state index is 0.804. The van der Waals surface area contributed by atoms with Crippen molar-refractivity contribution in [2.24, 2.45) is 5.73 Å². The summed E-state index contributed by atoms with van der Waals surface area (Å²) in [4.78, 5) is 2.13. The van der Waals surface area contributed by atoms with Crippen LogP contribution >= 0.6 is 0 Å². The van der Waals surface area contributed by atoms with E-state index in [0.717, 1.165) is 19.5 Å². The van der Waals surface area contributed by atoms with E-state index in [1.165, 1.54) is 128 Å². The summed E-state index contributed by atoms with van der Waals surface area (Å²) < 4.78 is 0. The highest BCUT2D eigenvalue weighted by Gasteiger charge is 1.94. The predicted octanol–water partition coefficient (Wildman–Crippen LogP) is 8.73. The number of nitrogens with two attached hydrogens (primary N) is 1. The van der Waals surface area contributed by atoms with E-state index in [1.807, 2.05) is 0 Å². The van der Waals surface area contributed by atoms with Crippen LogP contribution < -0.4 is 5.73 Å². The van der Waals surface area contributed by atoms with Gasteiger partial charge in [-0.25, -0.2) is 0 Å². The molecule has 0 bridgehead atoms. The molecule has 0 saturated heterocycles. The van der Waals surface area contributed by atoms with Crippen molar-refractivity contribution in [3.05, 3.63) is 0 Å². The fourth-order valence-electron chi connectivity index (χ4n) is 3.74. The van der Waals surface area contributed by atoms with Gasteiger partial charge in [0.2, 0.25) is 0 Å². The zero-order chi connectivity index (χ0) is 21.8. The molecule has 0 heterocycles. The highest BCUT2D eigenvalue weighted by Crippen LogP contribution is 2.14. The fourth-order valence-corrected chi connectivity index (χ4v) is 3.74. The van der Waals surface area contributed by atoms with Gasteiger partial charge in [-0.1, -0.05) is 142 Å². The Kier molecular flexibility index (Phi) is 32.3. The summed E-state index contributed by atoms with van der Waals surface area (Å²) in [5.74, 6) is 0. The highest BCUT2D eigenvalue weighted by molar-refractivity contribution is 4.50. The Balaban J connectivity index is 0. The zero-order valence-electron chi connectivity index (χ0n) is 21.3. The number of rotatable bonds is 22. The molecule has 0 radical (unpaired) electrons. The lowest BCUT2D eigenvalue weighted by molar-refractivity contribution is 0.403. The molecule has 0 atom stereocenters. The van der Waals surface area contributed by atoms with Crippen LogP contribution in [0.1, 0.15) is 149 Å². The molecular formula is C27H60N2. The maximum atomic E-state index is 5.25. The smallest absolute Gasteiger partial charge is 0.00128 e. The van der Waals surface area contributed by atoms with Gasteiger partial charge in [0.05, 0.1) is 0 Å². The lowest BCUT2D eigenvalue weighted by Gasteiger charge is -2.05. The van der Waals surface area contributed by atoms with E-state index in [2.05, 4.69) is 32.8 Å². The number of hydrogen-bond donors (Lipinski definition) is 1. The van der Waals surface area contributed by atoms with Gasteiger partial charge in [0.25, 0.3) is 0 Å². The maximum absolute atomic E-state index is 5.25. The SMILES string of the molecule is CCCCCCCCCCCCCCCCCCCCCC.CN(C)CCCN. The summed E-state index contributed by atoms with van der Waals surface area (Å²) >= 11 is 0. The molecule has 2 nitrogen and oxygen atoms in total. The van der Waals surface area contributed by atoms with Crippen LogP contribution in [-0.2, 0) is 0 Å². The molecule has 2 heteroatoms. The van der Waals surface area contributed by atoms with Crippen LogP contribution in [0.4, 0.5) is 0 Å². The van der Waals surface area contributed by atoms with Gasteiger partial charge in [-0.15, -0.1) is 0 Å². The molecule has 0 unspecified atom stereocenters. The van der Waals surface area contributed by atoms with Gasteiger partial charge in [0, 0.05) is 0 Å². The van der Waals surface area contributed by atoms with Crippen molar-refractivity contribution in [2.75, 3.05) is 27.2 Å².